The maximum atomic E-state index is 5.48. The molecule has 1 rings (SSSR count). The van der Waals surface area contributed by atoms with Gasteiger partial charge in [-0.3, -0.25) is 4.99 Å². The monoisotopic (exact) mass is 227 g/mol. The molecule has 1 aliphatic carbocycles. The number of hydrogen-bond donors (Lipinski definition) is 2. The molecule has 0 aromatic heterocycles. The summed E-state index contributed by atoms with van der Waals surface area (Å²) in [5, 5.41) is 0. The van der Waals surface area contributed by atoms with Crippen LogP contribution in [0.2, 0.25) is 0 Å². The molecule has 3 N–H and O–H groups in total. The van der Waals surface area contributed by atoms with Gasteiger partial charge in [-0.2, -0.15) is 0 Å². The van der Waals surface area contributed by atoms with Crippen molar-refractivity contribution in [3.63, 3.8) is 0 Å². The maximum absolute atomic E-state index is 5.48. The summed E-state index contributed by atoms with van der Waals surface area (Å²) in [7, 11) is 0. The Kier molecular flexibility index (Phi) is 7.17. The molecule has 0 bridgehead atoms. The van der Waals surface area contributed by atoms with E-state index >= 15 is 0 Å². The lowest BCUT2D eigenvalue weighted by molar-refractivity contribution is 0.146. The van der Waals surface area contributed by atoms with Gasteiger partial charge in [0.1, 0.15) is 5.84 Å². The smallest absolute Gasteiger partial charge is 0.111 e. The molecule has 0 atom stereocenters. The van der Waals surface area contributed by atoms with Crippen molar-refractivity contribution >= 4 is 5.84 Å². The molecule has 0 heterocycles. The zero-order valence-corrected chi connectivity index (χ0v) is 10.4. The van der Waals surface area contributed by atoms with Crippen molar-refractivity contribution in [1.82, 2.24) is 5.43 Å². The largest absolute Gasteiger partial charge is 0.382 e. The minimum Gasteiger partial charge on any atom is -0.382 e. The molecule has 0 amide bonds. The van der Waals surface area contributed by atoms with Crippen LogP contribution in [0, 0.1) is 0 Å². The van der Waals surface area contributed by atoms with Gasteiger partial charge in [0.15, 0.2) is 0 Å². The molecule has 0 saturated heterocycles. The third-order valence-corrected chi connectivity index (χ3v) is 2.99. The first-order valence-corrected chi connectivity index (χ1v) is 6.47. The fourth-order valence-electron chi connectivity index (χ4n) is 2.09. The summed E-state index contributed by atoms with van der Waals surface area (Å²) >= 11 is 0. The van der Waals surface area contributed by atoms with Gasteiger partial charge in [0.25, 0.3) is 0 Å². The van der Waals surface area contributed by atoms with Crippen molar-refractivity contribution in [3.8, 4) is 0 Å². The highest BCUT2D eigenvalue weighted by Crippen LogP contribution is 2.20. The van der Waals surface area contributed by atoms with E-state index in [1.165, 1.54) is 32.1 Å². The minimum atomic E-state index is 0.492. The Labute approximate surface area is 98.6 Å². The van der Waals surface area contributed by atoms with E-state index in [0.717, 1.165) is 31.9 Å². The third-order valence-electron chi connectivity index (χ3n) is 2.99. The van der Waals surface area contributed by atoms with Crippen LogP contribution in [0.1, 0.15) is 51.9 Å². The van der Waals surface area contributed by atoms with E-state index in [4.69, 9.17) is 10.6 Å². The summed E-state index contributed by atoms with van der Waals surface area (Å²) in [6.45, 7) is 3.59. The van der Waals surface area contributed by atoms with E-state index in [1.807, 2.05) is 6.92 Å². The van der Waals surface area contributed by atoms with Crippen molar-refractivity contribution in [2.45, 2.75) is 57.9 Å². The number of amidine groups is 1. The highest BCUT2D eigenvalue weighted by molar-refractivity contribution is 5.81. The van der Waals surface area contributed by atoms with Crippen LogP contribution in [0.25, 0.3) is 0 Å². The fraction of sp³-hybridized carbons (Fsp3) is 0.917. The third kappa shape index (κ3) is 5.47. The molecule has 0 spiro atoms. The Hall–Kier alpha value is -0.610. The summed E-state index contributed by atoms with van der Waals surface area (Å²) in [6, 6.07) is 0.492. The molecule has 94 valence electrons. The Balaban J connectivity index is 2.24. The van der Waals surface area contributed by atoms with Crippen molar-refractivity contribution in [2.75, 3.05) is 13.2 Å². The van der Waals surface area contributed by atoms with E-state index in [-0.39, 0.29) is 0 Å². The van der Waals surface area contributed by atoms with E-state index < -0.39 is 0 Å². The van der Waals surface area contributed by atoms with Gasteiger partial charge < -0.3 is 10.2 Å². The molecule has 0 aliphatic heterocycles. The summed E-state index contributed by atoms with van der Waals surface area (Å²) in [4.78, 5) is 4.68. The van der Waals surface area contributed by atoms with Gasteiger partial charge in [-0.25, -0.2) is 5.84 Å². The number of hydrazine groups is 1. The number of nitrogens with zero attached hydrogens (tertiary/aromatic N) is 1. The topological polar surface area (TPSA) is 59.6 Å². The summed E-state index contributed by atoms with van der Waals surface area (Å²) in [5.74, 6) is 6.42. The van der Waals surface area contributed by atoms with Crippen LogP contribution in [-0.2, 0) is 4.74 Å². The minimum absolute atomic E-state index is 0.492. The van der Waals surface area contributed by atoms with Crippen LogP contribution < -0.4 is 11.3 Å². The summed E-state index contributed by atoms with van der Waals surface area (Å²) in [6.07, 6.45) is 8.31. The zero-order chi connectivity index (χ0) is 11.6. The molecule has 0 aromatic carbocycles. The second-order valence-corrected chi connectivity index (χ2v) is 4.31. The molecule has 1 saturated carbocycles. The average molecular weight is 227 g/mol. The summed E-state index contributed by atoms with van der Waals surface area (Å²) in [5.41, 5.74) is 2.72. The van der Waals surface area contributed by atoms with E-state index in [1.54, 1.807) is 0 Å². The number of ether oxygens (including phenoxy) is 1. The first kappa shape index (κ1) is 13.5. The molecular weight excluding hydrogens is 202 g/mol. The van der Waals surface area contributed by atoms with Gasteiger partial charge in [-0.05, 0) is 26.2 Å². The lowest BCUT2D eigenvalue weighted by Gasteiger charge is -2.19. The van der Waals surface area contributed by atoms with E-state index in [0.29, 0.717) is 6.04 Å². The van der Waals surface area contributed by atoms with Gasteiger partial charge in [-0.15, -0.1) is 0 Å². The van der Waals surface area contributed by atoms with Gasteiger partial charge in [0.2, 0.25) is 0 Å². The molecular formula is C12H25N3O. The van der Waals surface area contributed by atoms with Crippen molar-refractivity contribution in [1.29, 1.82) is 0 Å². The predicted molar refractivity (Wildman–Crippen MR) is 67.4 cm³/mol. The van der Waals surface area contributed by atoms with Gasteiger partial charge in [0.05, 0.1) is 6.04 Å². The fourth-order valence-corrected chi connectivity index (χ4v) is 2.09. The average Bonchev–Trinajstić information content (AvgIpc) is 2.34. The summed E-state index contributed by atoms with van der Waals surface area (Å²) < 4.78 is 5.29. The van der Waals surface area contributed by atoms with Crippen LogP contribution in [-0.4, -0.2) is 25.1 Å². The number of rotatable bonds is 6. The second-order valence-electron chi connectivity index (χ2n) is 4.31. The Bertz CT molecular complexity index is 200. The molecule has 4 nitrogen and oxygen atoms in total. The molecule has 4 heteroatoms. The predicted octanol–water partition coefficient (Wildman–Crippen LogP) is 2.00. The number of hydrogen-bond acceptors (Lipinski definition) is 3. The van der Waals surface area contributed by atoms with E-state index in [9.17, 15) is 0 Å². The standard InChI is InChI=1S/C12H25N3O/c1-2-16-10-6-9-12(15-13)14-11-7-4-3-5-8-11/h11H,2-10,13H2,1H3,(H,14,15). The quantitative estimate of drug-likeness (QED) is 0.240. The first-order valence-electron chi connectivity index (χ1n) is 6.47. The maximum Gasteiger partial charge on any atom is 0.111 e. The lowest BCUT2D eigenvalue weighted by atomic mass is 9.96. The molecule has 1 fully saturated rings. The zero-order valence-electron chi connectivity index (χ0n) is 10.4. The molecule has 1 aliphatic rings. The van der Waals surface area contributed by atoms with Crippen molar-refractivity contribution in [3.05, 3.63) is 0 Å². The number of nitrogens with one attached hydrogen (secondary N) is 1. The van der Waals surface area contributed by atoms with Gasteiger partial charge >= 0.3 is 0 Å². The SMILES string of the molecule is CCOCCCC(=NC1CCCCC1)NN. The highest BCUT2D eigenvalue weighted by atomic mass is 16.5. The number of nitrogens with two attached hydrogens (primary N) is 1. The molecule has 0 unspecified atom stereocenters. The van der Waals surface area contributed by atoms with Gasteiger partial charge in [-0.1, -0.05) is 19.3 Å². The molecule has 16 heavy (non-hydrogen) atoms. The normalized spacial score (nSPS) is 18.8. The lowest BCUT2D eigenvalue weighted by Crippen LogP contribution is -2.32. The Morgan fingerprint density at radius 1 is 1.38 bits per heavy atom. The van der Waals surface area contributed by atoms with Crippen LogP contribution >= 0.6 is 0 Å². The van der Waals surface area contributed by atoms with Crippen LogP contribution in [0.5, 0.6) is 0 Å². The second kappa shape index (κ2) is 8.53. The Morgan fingerprint density at radius 3 is 2.75 bits per heavy atom. The van der Waals surface area contributed by atoms with Crippen LogP contribution in [0.3, 0.4) is 0 Å². The first-order chi connectivity index (χ1) is 7.86. The van der Waals surface area contributed by atoms with Gasteiger partial charge in [0, 0.05) is 19.6 Å². The van der Waals surface area contributed by atoms with Crippen LogP contribution in [0.4, 0.5) is 0 Å². The van der Waals surface area contributed by atoms with Crippen LogP contribution in [0.15, 0.2) is 4.99 Å². The van der Waals surface area contributed by atoms with Crippen molar-refractivity contribution < 1.29 is 4.74 Å². The van der Waals surface area contributed by atoms with Crippen molar-refractivity contribution in [2.24, 2.45) is 10.8 Å². The highest BCUT2D eigenvalue weighted by Gasteiger charge is 2.12. The molecule has 0 aromatic rings. The Morgan fingerprint density at radius 2 is 2.12 bits per heavy atom. The van der Waals surface area contributed by atoms with E-state index in [2.05, 4.69) is 10.4 Å². The number of aliphatic imine (C=N–C) groups is 1. The molecule has 0 radical (unpaired) electrons.